The highest BCUT2D eigenvalue weighted by Gasteiger charge is 2.45. The minimum absolute atomic E-state index is 0.0683. The van der Waals surface area contributed by atoms with Gasteiger partial charge in [-0.25, -0.2) is 4.79 Å². The molecule has 1 N–H and O–H groups in total. The summed E-state index contributed by atoms with van der Waals surface area (Å²) < 4.78 is 0. The van der Waals surface area contributed by atoms with Crippen LogP contribution >= 0.6 is 11.8 Å². The minimum Gasteiger partial charge on any atom is -0.341 e. The number of nitrogens with zero attached hydrogens (tertiary/aromatic N) is 3. The topological polar surface area (TPSA) is 65.5 Å². The Balaban J connectivity index is 0.000000702. The maximum atomic E-state index is 12.3. The molecule has 1 aromatic rings. The number of aromatic nitrogens is 1. The van der Waals surface area contributed by atoms with E-state index in [0.29, 0.717) is 0 Å². The number of thioether (sulfide) groups is 1. The molecule has 1 aromatic heterocycles. The third-order valence-corrected chi connectivity index (χ3v) is 4.81. The fourth-order valence-electron chi connectivity index (χ4n) is 2.83. The van der Waals surface area contributed by atoms with Crippen LogP contribution in [-0.2, 0) is 4.79 Å². The number of pyridine rings is 1. The predicted octanol–water partition coefficient (Wildman–Crippen LogP) is 3.85. The largest absolute Gasteiger partial charge is 0.341 e. The van der Waals surface area contributed by atoms with E-state index in [1.165, 1.54) is 0 Å². The Morgan fingerprint density at radius 3 is 2.26 bits per heavy atom. The molecular weight excluding hydrogens is 360 g/mol. The summed E-state index contributed by atoms with van der Waals surface area (Å²) in [7, 11) is 3.42. The van der Waals surface area contributed by atoms with E-state index in [0.717, 1.165) is 31.4 Å². The van der Waals surface area contributed by atoms with Crippen molar-refractivity contribution in [1.29, 1.82) is 0 Å². The lowest BCUT2D eigenvalue weighted by Gasteiger charge is -2.29. The van der Waals surface area contributed by atoms with Gasteiger partial charge in [0.1, 0.15) is 12.2 Å². The fourth-order valence-corrected chi connectivity index (χ4v) is 3.28. The molecule has 1 aliphatic rings. The van der Waals surface area contributed by atoms with Crippen molar-refractivity contribution in [3.63, 3.8) is 0 Å². The SMILES string of the molecule is CC.CCCCC1N(C)C(=O)[C@H](CCSC)N1C(=O)NC.c1ccncc1. The minimum atomic E-state index is -0.306. The average Bonchev–Trinajstić information content (AvgIpc) is 2.97. The third-order valence-electron chi connectivity index (χ3n) is 4.16. The molecule has 27 heavy (non-hydrogen) atoms. The second-order valence-electron chi connectivity index (χ2n) is 5.86. The zero-order chi connectivity index (χ0) is 20.7. The number of likely N-dealkylation sites (N-methyl/N-ethyl adjacent to an activating group) is 1. The summed E-state index contributed by atoms with van der Waals surface area (Å²) in [6.45, 7) is 6.12. The number of nitrogens with one attached hydrogen (secondary N) is 1. The van der Waals surface area contributed by atoms with E-state index in [2.05, 4.69) is 17.2 Å². The van der Waals surface area contributed by atoms with Gasteiger partial charge in [0.2, 0.25) is 5.91 Å². The zero-order valence-corrected chi connectivity index (χ0v) is 18.5. The highest BCUT2D eigenvalue weighted by Crippen LogP contribution is 2.27. The maximum absolute atomic E-state index is 12.3. The number of carbonyl (C=O) groups is 2. The van der Waals surface area contributed by atoms with E-state index in [9.17, 15) is 9.59 Å². The molecule has 6 nitrogen and oxygen atoms in total. The van der Waals surface area contributed by atoms with E-state index in [-0.39, 0.29) is 24.1 Å². The molecule has 0 aromatic carbocycles. The summed E-state index contributed by atoms with van der Waals surface area (Å²) in [4.78, 5) is 31.6. The van der Waals surface area contributed by atoms with E-state index in [1.54, 1.807) is 48.1 Å². The number of carbonyl (C=O) groups excluding carboxylic acids is 2. The normalized spacial score (nSPS) is 18.2. The molecule has 0 aliphatic carbocycles. The molecule has 1 unspecified atom stereocenters. The highest BCUT2D eigenvalue weighted by atomic mass is 32.2. The monoisotopic (exact) mass is 396 g/mol. The van der Waals surface area contributed by atoms with Gasteiger partial charge in [0.25, 0.3) is 0 Å². The lowest BCUT2D eigenvalue weighted by molar-refractivity contribution is -0.128. The molecular formula is C20H36N4O2S. The number of hydrogen-bond donors (Lipinski definition) is 1. The molecule has 0 saturated carbocycles. The third kappa shape index (κ3) is 8.20. The number of amides is 3. The van der Waals surface area contributed by atoms with Gasteiger partial charge in [-0.05, 0) is 43.4 Å². The molecule has 0 bridgehead atoms. The van der Waals surface area contributed by atoms with Crippen molar-refractivity contribution in [3.05, 3.63) is 30.6 Å². The van der Waals surface area contributed by atoms with Crippen LogP contribution in [0.5, 0.6) is 0 Å². The van der Waals surface area contributed by atoms with Crippen molar-refractivity contribution in [3.8, 4) is 0 Å². The van der Waals surface area contributed by atoms with E-state index in [4.69, 9.17) is 0 Å². The predicted molar refractivity (Wildman–Crippen MR) is 115 cm³/mol. The maximum Gasteiger partial charge on any atom is 0.319 e. The molecule has 2 heterocycles. The molecule has 7 heteroatoms. The molecule has 1 saturated heterocycles. The van der Waals surface area contributed by atoms with Crippen LogP contribution in [0.2, 0.25) is 0 Å². The molecule has 0 spiro atoms. The van der Waals surface area contributed by atoms with Crippen LogP contribution in [0.3, 0.4) is 0 Å². The van der Waals surface area contributed by atoms with Gasteiger partial charge in [-0.2, -0.15) is 11.8 Å². The first-order chi connectivity index (χ1) is 13.1. The van der Waals surface area contributed by atoms with Crippen LogP contribution in [0.4, 0.5) is 4.79 Å². The Bertz CT molecular complexity index is 489. The Morgan fingerprint density at radius 1 is 1.22 bits per heavy atom. The second kappa shape index (κ2) is 15.3. The zero-order valence-electron chi connectivity index (χ0n) is 17.6. The quantitative estimate of drug-likeness (QED) is 0.793. The first-order valence-corrected chi connectivity index (χ1v) is 11.1. The summed E-state index contributed by atoms with van der Waals surface area (Å²) in [5.41, 5.74) is 0. The van der Waals surface area contributed by atoms with E-state index in [1.807, 2.05) is 38.3 Å². The molecule has 2 atom stereocenters. The Labute approximate surface area is 169 Å². The van der Waals surface area contributed by atoms with Crippen LogP contribution in [-0.4, -0.2) is 65.0 Å². The molecule has 0 radical (unpaired) electrons. The first kappa shape index (κ1) is 25.2. The van der Waals surface area contributed by atoms with Gasteiger partial charge < -0.3 is 10.2 Å². The number of urea groups is 1. The van der Waals surface area contributed by atoms with E-state index < -0.39 is 0 Å². The Morgan fingerprint density at radius 2 is 1.85 bits per heavy atom. The standard InChI is InChI=1S/C13H25N3O2S.C5H5N.C2H6/c1-5-6-7-11-15(3)12(17)10(8-9-19-4)16(11)13(18)14-2;1-2-4-6-5-3-1;1-2/h10-11H,5-9H2,1-4H3,(H,14,18);1-5H;1-2H3/t10-,11?;;/m0../s1. The number of hydrogen-bond acceptors (Lipinski definition) is 4. The first-order valence-electron chi connectivity index (χ1n) is 9.69. The lowest BCUT2D eigenvalue weighted by atomic mass is 10.2. The smallest absolute Gasteiger partial charge is 0.319 e. The number of unbranched alkanes of at least 4 members (excludes halogenated alkanes) is 1. The van der Waals surface area contributed by atoms with E-state index >= 15 is 0 Å². The fraction of sp³-hybridized carbons (Fsp3) is 0.650. The van der Waals surface area contributed by atoms with Gasteiger partial charge >= 0.3 is 6.03 Å². The summed E-state index contributed by atoms with van der Waals surface area (Å²) >= 11 is 1.70. The highest BCUT2D eigenvalue weighted by molar-refractivity contribution is 7.98. The van der Waals surface area contributed by atoms with Crippen molar-refractivity contribution in [2.24, 2.45) is 0 Å². The van der Waals surface area contributed by atoms with Gasteiger partial charge in [-0.15, -0.1) is 0 Å². The molecule has 2 rings (SSSR count). The molecule has 154 valence electrons. The van der Waals surface area contributed by atoms with Gasteiger partial charge in [-0.3, -0.25) is 14.7 Å². The number of rotatable bonds is 6. The van der Waals surface area contributed by atoms with Crippen LogP contribution < -0.4 is 5.32 Å². The average molecular weight is 397 g/mol. The summed E-state index contributed by atoms with van der Waals surface area (Å²) in [6, 6.07) is 5.26. The Kier molecular flexibility index (Phi) is 14.3. The molecule has 1 fully saturated rings. The van der Waals surface area contributed by atoms with Crippen LogP contribution in [0.25, 0.3) is 0 Å². The van der Waals surface area contributed by atoms with Crippen molar-refractivity contribution in [2.45, 2.75) is 58.7 Å². The van der Waals surface area contributed by atoms with Gasteiger partial charge in [0.05, 0.1) is 0 Å². The second-order valence-corrected chi connectivity index (χ2v) is 6.84. The summed E-state index contributed by atoms with van der Waals surface area (Å²) in [5, 5.41) is 2.66. The van der Waals surface area contributed by atoms with Crippen LogP contribution in [0, 0.1) is 0 Å². The van der Waals surface area contributed by atoms with Crippen LogP contribution in [0.1, 0.15) is 46.5 Å². The van der Waals surface area contributed by atoms with Crippen molar-refractivity contribution in [1.82, 2.24) is 20.1 Å². The van der Waals surface area contributed by atoms with Crippen molar-refractivity contribution in [2.75, 3.05) is 26.1 Å². The Hall–Kier alpha value is -1.76. The van der Waals surface area contributed by atoms with Gasteiger partial charge in [-0.1, -0.05) is 33.3 Å². The van der Waals surface area contributed by atoms with Gasteiger partial charge in [0, 0.05) is 26.5 Å². The molecule has 3 amide bonds. The lowest BCUT2D eigenvalue weighted by Crippen LogP contribution is -2.48. The molecule has 1 aliphatic heterocycles. The summed E-state index contributed by atoms with van der Waals surface area (Å²) in [5.74, 6) is 0.955. The van der Waals surface area contributed by atoms with Gasteiger partial charge in [0.15, 0.2) is 0 Å². The van der Waals surface area contributed by atoms with Crippen molar-refractivity contribution >= 4 is 23.7 Å². The van der Waals surface area contributed by atoms with Crippen LogP contribution in [0.15, 0.2) is 30.6 Å². The van der Waals surface area contributed by atoms with Crippen molar-refractivity contribution < 1.29 is 9.59 Å². The summed E-state index contributed by atoms with van der Waals surface area (Å²) in [6.07, 6.45) is 9.07.